The Labute approximate surface area is 119 Å². The summed E-state index contributed by atoms with van der Waals surface area (Å²) in [4.78, 5) is 8.50. The van der Waals surface area contributed by atoms with Gasteiger partial charge in [-0.25, -0.2) is 4.98 Å². The summed E-state index contributed by atoms with van der Waals surface area (Å²) in [5.41, 5.74) is 1.19. The molecule has 0 amide bonds. The molecular formula is C15H20N4O. The summed E-state index contributed by atoms with van der Waals surface area (Å²) in [5, 5.41) is 6.32. The molecule has 0 saturated carbocycles. The predicted octanol–water partition coefficient (Wildman–Crippen LogP) is 2.71. The highest BCUT2D eigenvalue weighted by atomic mass is 16.5. The molecule has 0 unspecified atom stereocenters. The fourth-order valence-corrected chi connectivity index (χ4v) is 1.77. The van der Waals surface area contributed by atoms with Crippen LogP contribution in [-0.4, -0.2) is 29.7 Å². The number of nitrogens with one attached hydrogen (secondary N) is 2. The van der Waals surface area contributed by atoms with Crippen molar-refractivity contribution in [3.05, 3.63) is 42.2 Å². The van der Waals surface area contributed by atoms with Crippen LogP contribution in [-0.2, 0) is 0 Å². The summed E-state index contributed by atoms with van der Waals surface area (Å²) in [6.45, 7) is 6.16. The quantitative estimate of drug-likeness (QED) is 0.759. The monoisotopic (exact) mass is 272 g/mol. The lowest BCUT2D eigenvalue weighted by Crippen LogP contribution is -2.13. The molecule has 0 spiro atoms. The molecule has 0 bridgehead atoms. The summed E-state index contributed by atoms with van der Waals surface area (Å²) in [6, 6.07) is 8.01. The van der Waals surface area contributed by atoms with E-state index >= 15 is 0 Å². The van der Waals surface area contributed by atoms with Gasteiger partial charge in [-0.3, -0.25) is 4.98 Å². The first-order chi connectivity index (χ1) is 9.78. The standard InChI is InChI=1S/C15H20N4O/c1-3-17-14-10-16-11-15(19-14)18-7-8-20-13-6-4-5-12(2)9-13/h4-6,9-11H,3,7-8H2,1-2H3,(H2,17,18,19). The molecular weight excluding hydrogens is 252 g/mol. The smallest absolute Gasteiger partial charge is 0.147 e. The molecule has 2 rings (SSSR count). The Morgan fingerprint density at radius 1 is 1.15 bits per heavy atom. The van der Waals surface area contributed by atoms with Crippen molar-refractivity contribution in [2.45, 2.75) is 13.8 Å². The maximum absolute atomic E-state index is 5.66. The SMILES string of the molecule is CCNc1cncc(NCCOc2cccc(C)c2)n1. The Kier molecular flexibility index (Phi) is 5.17. The Morgan fingerprint density at radius 3 is 2.70 bits per heavy atom. The van der Waals surface area contributed by atoms with Gasteiger partial charge in [0.15, 0.2) is 0 Å². The van der Waals surface area contributed by atoms with Crippen LogP contribution in [0.1, 0.15) is 12.5 Å². The van der Waals surface area contributed by atoms with E-state index in [0.717, 1.165) is 23.9 Å². The average molecular weight is 272 g/mol. The molecule has 0 saturated heterocycles. The van der Waals surface area contributed by atoms with Crippen molar-refractivity contribution in [3.8, 4) is 5.75 Å². The van der Waals surface area contributed by atoms with Gasteiger partial charge in [0.1, 0.15) is 24.0 Å². The summed E-state index contributed by atoms with van der Waals surface area (Å²) >= 11 is 0. The van der Waals surface area contributed by atoms with Crippen molar-refractivity contribution < 1.29 is 4.74 Å². The third-order valence-electron chi connectivity index (χ3n) is 2.66. The highest BCUT2D eigenvalue weighted by Gasteiger charge is 1.98. The van der Waals surface area contributed by atoms with Gasteiger partial charge in [0.2, 0.25) is 0 Å². The first-order valence-corrected chi connectivity index (χ1v) is 6.77. The highest BCUT2D eigenvalue weighted by molar-refractivity contribution is 5.41. The zero-order chi connectivity index (χ0) is 14.2. The van der Waals surface area contributed by atoms with Crippen molar-refractivity contribution in [3.63, 3.8) is 0 Å². The van der Waals surface area contributed by atoms with Crippen LogP contribution in [0.5, 0.6) is 5.75 Å². The number of hydrogen-bond acceptors (Lipinski definition) is 5. The van der Waals surface area contributed by atoms with E-state index in [0.29, 0.717) is 13.2 Å². The number of rotatable bonds is 7. The second kappa shape index (κ2) is 7.33. The topological polar surface area (TPSA) is 59.1 Å². The zero-order valence-corrected chi connectivity index (χ0v) is 11.9. The van der Waals surface area contributed by atoms with Crippen molar-refractivity contribution in [2.24, 2.45) is 0 Å². The number of anilines is 2. The van der Waals surface area contributed by atoms with E-state index in [9.17, 15) is 0 Å². The molecule has 1 aromatic carbocycles. The second-order valence-corrected chi connectivity index (χ2v) is 4.41. The van der Waals surface area contributed by atoms with E-state index in [1.165, 1.54) is 5.56 Å². The summed E-state index contributed by atoms with van der Waals surface area (Å²) < 4.78 is 5.66. The number of ether oxygens (including phenoxy) is 1. The number of benzene rings is 1. The Hall–Kier alpha value is -2.30. The number of hydrogen-bond donors (Lipinski definition) is 2. The largest absolute Gasteiger partial charge is 0.492 e. The lowest BCUT2D eigenvalue weighted by atomic mass is 10.2. The summed E-state index contributed by atoms with van der Waals surface area (Å²) in [7, 11) is 0. The lowest BCUT2D eigenvalue weighted by molar-refractivity contribution is 0.332. The maximum atomic E-state index is 5.66. The predicted molar refractivity (Wildman–Crippen MR) is 81.4 cm³/mol. The Bertz CT molecular complexity index is 545. The van der Waals surface area contributed by atoms with Crippen LogP contribution >= 0.6 is 0 Å². The summed E-state index contributed by atoms with van der Waals surface area (Å²) in [5.74, 6) is 2.41. The first kappa shape index (κ1) is 14.1. The Morgan fingerprint density at radius 2 is 1.95 bits per heavy atom. The number of nitrogens with zero attached hydrogens (tertiary/aromatic N) is 2. The van der Waals surface area contributed by atoms with E-state index < -0.39 is 0 Å². The Balaban J connectivity index is 1.77. The molecule has 5 heteroatoms. The first-order valence-electron chi connectivity index (χ1n) is 6.77. The van der Waals surface area contributed by atoms with Crippen LogP contribution in [0, 0.1) is 6.92 Å². The van der Waals surface area contributed by atoms with Crippen LogP contribution < -0.4 is 15.4 Å². The fraction of sp³-hybridized carbons (Fsp3) is 0.333. The van der Waals surface area contributed by atoms with Crippen molar-refractivity contribution in [1.29, 1.82) is 0 Å². The van der Waals surface area contributed by atoms with Gasteiger partial charge >= 0.3 is 0 Å². The van der Waals surface area contributed by atoms with Crippen molar-refractivity contribution in [1.82, 2.24) is 9.97 Å². The van der Waals surface area contributed by atoms with Gasteiger partial charge in [-0.05, 0) is 31.5 Å². The molecule has 5 nitrogen and oxygen atoms in total. The van der Waals surface area contributed by atoms with Crippen LogP contribution in [0.3, 0.4) is 0 Å². The molecule has 2 aromatic rings. The molecule has 106 valence electrons. The second-order valence-electron chi connectivity index (χ2n) is 4.41. The van der Waals surface area contributed by atoms with E-state index in [-0.39, 0.29) is 0 Å². The van der Waals surface area contributed by atoms with Gasteiger partial charge in [0.25, 0.3) is 0 Å². The molecule has 0 radical (unpaired) electrons. The van der Waals surface area contributed by atoms with Gasteiger partial charge in [-0.15, -0.1) is 0 Å². The maximum Gasteiger partial charge on any atom is 0.147 e. The normalized spacial score (nSPS) is 10.1. The minimum atomic E-state index is 0.580. The van der Waals surface area contributed by atoms with Gasteiger partial charge in [0, 0.05) is 6.54 Å². The van der Waals surface area contributed by atoms with Crippen LogP contribution in [0.25, 0.3) is 0 Å². The minimum absolute atomic E-state index is 0.580. The van der Waals surface area contributed by atoms with Gasteiger partial charge in [-0.1, -0.05) is 12.1 Å². The third kappa shape index (κ3) is 4.42. The zero-order valence-electron chi connectivity index (χ0n) is 11.9. The third-order valence-corrected chi connectivity index (χ3v) is 2.66. The van der Waals surface area contributed by atoms with E-state index in [1.54, 1.807) is 12.4 Å². The van der Waals surface area contributed by atoms with Crippen molar-refractivity contribution >= 4 is 11.6 Å². The molecule has 0 atom stereocenters. The minimum Gasteiger partial charge on any atom is -0.492 e. The molecule has 20 heavy (non-hydrogen) atoms. The van der Waals surface area contributed by atoms with E-state index in [2.05, 4.69) is 20.6 Å². The van der Waals surface area contributed by atoms with Gasteiger partial charge in [0.05, 0.1) is 18.9 Å². The van der Waals surface area contributed by atoms with Gasteiger partial charge < -0.3 is 15.4 Å². The highest BCUT2D eigenvalue weighted by Crippen LogP contribution is 2.12. The molecule has 0 aliphatic rings. The fourth-order valence-electron chi connectivity index (χ4n) is 1.77. The molecule has 1 heterocycles. The van der Waals surface area contributed by atoms with Crippen LogP contribution in [0.15, 0.2) is 36.7 Å². The average Bonchev–Trinajstić information content (AvgIpc) is 2.45. The molecule has 2 N–H and O–H groups in total. The van der Waals surface area contributed by atoms with Crippen molar-refractivity contribution in [2.75, 3.05) is 30.3 Å². The number of aryl methyl sites for hydroxylation is 1. The molecule has 0 fully saturated rings. The lowest BCUT2D eigenvalue weighted by Gasteiger charge is -2.09. The van der Waals surface area contributed by atoms with Crippen LogP contribution in [0.2, 0.25) is 0 Å². The van der Waals surface area contributed by atoms with Gasteiger partial charge in [-0.2, -0.15) is 0 Å². The van der Waals surface area contributed by atoms with Crippen LogP contribution in [0.4, 0.5) is 11.6 Å². The molecule has 0 aliphatic heterocycles. The van der Waals surface area contributed by atoms with E-state index in [1.807, 2.05) is 38.1 Å². The molecule has 0 aliphatic carbocycles. The molecule has 1 aromatic heterocycles. The summed E-state index contributed by atoms with van der Waals surface area (Å²) in [6.07, 6.45) is 3.41. The van der Waals surface area contributed by atoms with E-state index in [4.69, 9.17) is 4.74 Å². The number of aromatic nitrogens is 2.